The van der Waals surface area contributed by atoms with Gasteiger partial charge in [-0.05, 0) is 68.5 Å². The van der Waals surface area contributed by atoms with Crippen LogP contribution in [0.1, 0.15) is 35.1 Å². The van der Waals surface area contributed by atoms with Gasteiger partial charge in [-0.1, -0.05) is 0 Å². The third-order valence-electron chi connectivity index (χ3n) is 5.93. The van der Waals surface area contributed by atoms with E-state index >= 15 is 0 Å². The van der Waals surface area contributed by atoms with E-state index in [2.05, 4.69) is 11.0 Å². The lowest BCUT2D eigenvalue weighted by atomic mass is 9.89. The maximum Gasteiger partial charge on any atom is 0.339 e. The summed E-state index contributed by atoms with van der Waals surface area (Å²) < 4.78 is 17.1. The van der Waals surface area contributed by atoms with Gasteiger partial charge in [-0.2, -0.15) is 0 Å². The van der Waals surface area contributed by atoms with Gasteiger partial charge in [-0.15, -0.1) is 0 Å². The van der Waals surface area contributed by atoms with Crippen LogP contribution >= 0.6 is 0 Å². The number of anilines is 1. The molecule has 0 radical (unpaired) electrons. The minimum absolute atomic E-state index is 0.180. The molecule has 144 valence electrons. The van der Waals surface area contributed by atoms with Crippen molar-refractivity contribution in [2.24, 2.45) is 0 Å². The van der Waals surface area contributed by atoms with Crippen LogP contribution in [0.15, 0.2) is 39.5 Å². The minimum atomic E-state index is -0.180. The predicted molar refractivity (Wildman–Crippen MR) is 109 cm³/mol. The Morgan fingerprint density at radius 1 is 1.07 bits per heavy atom. The summed E-state index contributed by atoms with van der Waals surface area (Å²) in [5, 5.41) is 1.07. The molecular formula is C23H23NO4. The van der Waals surface area contributed by atoms with Crippen LogP contribution in [-0.2, 0) is 19.4 Å². The molecule has 2 heterocycles. The molecular weight excluding hydrogens is 354 g/mol. The summed E-state index contributed by atoms with van der Waals surface area (Å²) in [6, 6.07) is 10.2. The Kier molecular flexibility index (Phi) is 4.04. The fourth-order valence-corrected chi connectivity index (χ4v) is 4.46. The van der Waals surface area contributed by atoms with E-state index in [-0.39, 0.29) is 5.63 Å². The Balaban J connectivity index is 1.60. The second-order valence-electron chi connectivity index (χ2n) is 7.59. The zero-order chi connectivity index (χ0) is 19.3. The van der Waals surface area contributed by atoms with E-state index in [0.29, 0.717) is 12.3 Å². The van der Waals surface area contributed by atoms with E-state index in [0.717, 1.165) is 71.5 Å². The zero-order valence-electron chi connectivity index (χ0n) is 16.2. The molecule has 5 heteroatoms. The van der Waals surface area contributed by atoms with Crippen molar-refractivity contribution < 1.29 is 13.9 Å². The first-order valence-corrected chi connectivity index (χ1v) is 9.78. The molecule has 0 spiro atoms. The number of fused-ring (bicyclic) bond motifs is 4. The second kappa shape index (κ2) is 6.59. The van der Waals surface area contributed by atoms with Gasteiger partial charge >= 0.3 is 5.63 Å². The maximum absolute atomic E-state index is 12.5. The highest BCUT2D eigenvalue weighted by atomic mass is 16.5. The highest BCUT2D eigenvalue weighted by Crippen LogP contribution is 2.38. The van der Waals surface area contributed by atoms with Gasteiger partial charge < -0.3 is 18.8 Å². The van der Waals surface area contributed by atoms with Crippen LogP contribution < -0.4 is 20.0 Å². The molecule has 0 bridgehead atoms. The van der Waals surface area contributed by atoms with Gasteiger partial charge in [0.15, 0.2) is 6.73 Å². The van der Waals surface area contributed by atoms with Crippen LogP contribution in [0.2, 0.25) is 0 Å². The largest absolute Gasteiger partial charge is 0.497 e. The van der Waals surface area contributed by atoms with E-state index in [1.807, 2.05) is 31.2 Å². The van der Waals surface area contributed by atoms with Gasteiger partial charge in [0.05, 0.1) is 7.11 Å². The fraction of sp³-hybridized carbons (Fsp3) is 0.348. The number of methoxy groups -OCH3 is 1. The van der Waals surface area contributed by atoms with Crippen molar-refractivity contribution in [3.05, 3.63) is 63.0 Å². The number of benzene rings is 2. The quantitative estimate of drug-likeness (QED) is 0.622. The molecule has 2 aromatic carbocycles. The minimum Gasteiger partial charge on any atom is -0.497 e. The Labute approximate surface area is 163 Å². The van der Waals surface area contributed by atoms with E-state index in [9.17, 15) is 4.79 Å². The van der Waals surface area contributed by atoms with Crippen LogP contribution in [0.5, 0.6) is 11.5 Å². The van der Waals surface area contributed by atoms with Crippen molar-refractivity contribution in [1.82, 2.24) is 0 Å². The first kappa shape index (κ1) is 17.2. The molecule has 0 saturated heterocycles. The van der Waals surface area contributed by atoms with Gasteiger partial charge in [0.1, 0.15) is 17.1 Å². The standard InChI is InChI=1S/C23H23NO4/c1-14-21-15(12-24(13-27-21)16-7-9-17(26-2)10-8-16)11-20-18-5-3-4-6-19(18)23(25)28-22(14)20/h7-11H,3-6,12-13H2,1-2H3. The van der Waals surface area contributed by atoms with Crippen molar-refractivity contribution in [3.8, 4) is 11.5 Å². The molecule has 0 amide bonds. The summed E-state index contributed by atoms with van der Waals surface area (Å²) in [4.78, 5) is 14.7. The third kappa shape index (κ3) is 2.65. The molecule has 1 aliphatic heterocycles. The maximum atomic E-state index is 12.5. The van der Waals surface area contributed by atoms with E-state index in [1.165, 1.54) is 5.56 Å². The highest BCUT2D eigenvalue weighted by molar-refractivity contribution is 5.87. The molecule has 5 rings (SSSR count). The summed E-state index contributed by atoms with van der Waals surface area (Å²) in [6.45, 7) is 3.20. The van der Waals surface area contributed by atoms with Crippen LogP contribution in [0.25, 0.3) is 11.0 Å². The summed E-state index contributed by atoms with van der Waals surface area (Å²) in [5.41, 5.74) is 5.68. The van der Waals surface area contributed by atoms with Gasteiger partial charge in [0.25, 0.3) is 0 Å². The smallest absolute Gasteiger partial charge is 0.339 e. The summed E-state index contributed by atoms with van der Waals surface area (Å²) in [5.74, 6) is 1.68. The SMILES string of the molecule is COc1ccc(N2COc3c(cc4c5c(c(=O)oc4c3C)CCCC5)C2)cc1. The third-order valence-corrected chi connectivity index (χ3v) is 5.93. The molecule has 2 aliphatic rings. The summed E-state index contributed by atoms with van der Waals surface area (Å²) in [6.07, 6.45) is 3.94. The van der Waals surface area contributed by atoms with Crippen molar-refractivity contribution in [3.63, 3.8) is 0 Å². The summed E-state index contributed by atoms with van der Waals surface area (Å²) >= 11 is 0. The van der Waals surface area contributed by atoms with Crippen LogP contribution in [0, 0.1) is 6.92 Å². The Morgan fingerprint density at radius 3 is 2.57 bits per heavy atom. The van der Waals surface area contributed by atoms with E-state index < -0.39 is 0 Å². The van der Waals surface area contributed by atoms with Crippen molar-refractivity contribution in [1.29, 1.82) is 0 Å². The van der Waals surface area contributed by atoms with Crippen LogP contribution in [0.3, 0.4) is 0 Å². The number of rotatable bonds is 2. The van der Waals surface area contributed by atoms with Gasteiger partial charge in [0, 0.05) is 34.3 Å². The normalized spacial score (nSPS) is 15.7. The summed E-state index contributed by atoms with van der Waals surface area (Å²) in [7, 11) is 1.67. The monoisotopic (exact) mass is 377 g/mol. The Hall–Kier alpha value is -2.95. The molecule has 0 saturated carbocycles. The van der Waals surface area contributed by atoms with Crippen LogP contribution in [0.4, 0.5) is 5.69 Å². The van der Waals surface area contributed by atoms with E-state index in [1.54, 1.807) is 7.11 Å². The topological polar surface area (TPSA) is 51.9 Å². The molecule has 3 aromatic rings. The van der Waals surface area contributed by atoms with Crippen LogP contribution in [-0.4, -0.2) is 13.8 Å². The number of nitrogens with zero attached hydrogens (tertiary/aromatic N) is 1. The number of aryl methyl sites for hydroxylation is 2. The van der Waals surface area contributed by atoms with Gasteiger partial charge in [-0.25, -0.2) is 4.79 Å². The lowest BCUT2D eigenvalue weighted by Gasteiger charge is -2.32. The average Bonchev–Trinajstić information content (AvgIpc) is 2.75. The number of hydrogen-bond donors (Lipinski definition) is 0. The molecule has 5 nitrogen and oxygen atoms in total. The van der Waals surface area contributed by atoms with Crippen molar-refractivity contribution in [2.75, 3.05) is 18.7 Å². The first-order chi connectivity index (χ1) is 13.7. The zero-order valence-corrected chi connectivity index (χ0v) is 16.2. The Bertz CT molecular complexity index is 1110. The van der Waals surface area contributed by atoms with Crippen molar-refractivity contribution in [2.45, 2.75) is 39.2 Å². The predicted octanol–water partition coefficient (Wildman–Crippen LogP) is 4.35. The van der Waals surface area contributed by atoms with Gasteiger partial charge in [0.2, 0.25) is 0 Å². The highest BCUT2D eigenvalue weighted by Gasteiger charge is 2.25. The molecule has 0 fully saturated rings. The molecule has 0 N–H and O–H groups in total. The number of ether oxygens (including phenoxy) is 2. The van der Waals surface area contributed by atoms with Gasteiger partial charge in [-0.3, -0.25) is 0 Å². The molecule has 0 unspecified atom stereocenters. The molecule has 0 atom stereocenters. The van der Waals surface area contributed by atoms with Crippen molar-refractivity contribution >= 4 is 16.7 Å². The molecule has 1 aliphatic carbocycles. The fourth-order valence-electron chi connectivity index (χ4n) is 4.46. The Morgan fingerprint density at radius 2 is 1.82 bits per heavy atom. The average molecular weight is 377 g/mol. The molecule has 28 heavy (non-hydrogen) atoms. The lowest BCUT2D eigenvalue weighted by molar-refractivity contribution is 0.287. The number of hydrogen-bond acceptors (Lipinski definition) is 5. The van der Waals surface area contributed by atoms with E-state index in [4.69, 9.17) is 13.9 Å². The molecule has 1 aromatic heterocycles. The second-order valence-corrected chi connectivity index (χ2v) is 7.59. The first-order valence-electron chi connectivity index (χ1n) is 9.78. The lowest BCUT2D eigenvalue weighted by Crippen LogP contribution is -2.32.